The van der Waals surface area contributed by atoms with E-state index in [-0.39, 0.29) is 12.2 Å². The first-order valence-corrected chi connectivity index (χ1v) is 6.21. The first-order valence-electron chi connectivity index (χ1n) is 5.39. The maximum Gasteiger partial charge on any atom is 0.184 e. The van der Waals surface area contributed by atoms with Crippen molar-refractivity contribution in [3.8, 4) is 12.3 Å². The zero-order valence-corrected chi connectivity index (χ0v) is 9.53. The third-order valence-electron chi connectivity index (χ3n) is 2.78. The van der Waals surface area contributed by atoms with Gasteiger partial charge in [0.15, 0.2) is 5.78 Å². The van der Waals surface area contributed by atoms with Gasteiger partial charge in [0.25, 0.3) is 0 Å². The molecule has 0 N–H and O–H groups in total. The summed E-state index contributed by atoms with van der Waals surface area (Å²) in [5.74, 6) is 2.52. The molecule has 1 aliphatic rings. The molecule has 0 fully saturated rings. The quantitative estimate of drug-likeness (QED) is 0.423. The number of rotatable bonds is 2. The Hall–Kier alpha value is -1.07. The zero-order chi connectivity index (χ0) is 10.7. The molecule has 0 spiro atoms. The van der Waals surface area contributed by atoms with Crippen molar-refractivity contribution >= 4 is 17.1 Å². The van der Waals surface area contributed by atoms with E-state index in [9.17, 15) is 4.79 Å². The summed E-state index contributed by atoms with van der Waals surface area (Å²) in [6.07, 6.45) is 11.5. The maximum atomic E-state index is 11.6. The van der Waals surface area contributed by atoms with Gasteiger partial charge in [-0.1, -0.05) is 12.3 Å². The first kappa shape index (κ1) is 10.4. The zero-order valence-electron chi connectivity index (χ0n) is 8.71. The maximum absolute atomic E-state index is 11.6. The van der Waals surface area contributed by atoms with Crippen LogP contribution in [0.15, 0.2) is 6.07 Å². The summed E-state index contributed by atoms with van der Waals surface area (Å²) in [5.41, 5.74) is 1.39. The van der Waals surface area contributed by atoms with Crippen LogP contribution in [0.3, 0.4) is 0 Å². The molecule has 2 rings (SSSR count). The SMILES string of the molecule is C#CCC(=O)c1cc2c(s1)CCCCC2. The highest BCUT2D eigenvalue weighted by Gasteiger charge is 2.15. The Bertz CT molecular complexity index is 385. The number of fused-ring (bicyclic) bond motifs is 1. The molecule has 1 nitrogen and oxygen atoms in total. The molecule has 0 atom stereocenters. The van der Waals surface area contributed by atoms with Gasteiger partial charge in [0.05, 0.1) is 11.3 Å². The van der Waals surface area contributed by atoms with Gasteiger partial charge in [0.1, 0.15) is 0 Å². The second-order valence-electron chi connectivity index (χ2n) is 3.92. The van der Waals surface area contributed by atoms with E-state index in [1.165, 1.54) is 29.7 Å². The van der Waals surface area contributed by atoms with Crippen LogP contribution in [0.5, 0.6) is 0 Å². The molecular weight excluding hydrogens is 204 g/mol. The molecule has 1 aliphatic carbocycles. The van der Waals surface area contributed by atoms with E-state index >= 15 is 0 Å². The smallest absolute Gasteiger partial charge is 0.184 e. The van der Waals surface area contributed by atoms with E-state index in [0.29, 0.717) is 0 Å². The number of carbonyl (C=O) groups excluding carboxylic acids is 1. The molecule has 78 valence electrons. The Balaban J connectivity index is 2.22. The minimum absolute atomic E-state index is 0.107. The number of Topliss-reactive ketones (excluding diaryl/α,β-unsaturated/α-hetero) is 1. The van der Waals surface area contributed by atoms with Gasteiger partial charge in [-0.2, -0.15) is 0 Å². The van der Waals surface area contributed by atoms with Gasteiger partial charge in [0.2, 0.25) is 0 Å². The van der Waals surface area contributed by atoms with Crippen molar-refractivity contribution in [1.29, 1.82) is 0 Å². The van der Waals surface area contributed by atoms with Crippen molar-refractivity contribution in [2.45, 2.75) is 38.5 Å². The van der Waals surface area contributed by atoms with Crippen molar-refractivity contribution in [2.75, 3.05) is 0 Å². The van der Waals surface area contributed by atoms with Crippen molar-refractivity contribution < 1.29 is 4.79 Å². The topological polar surface area (TPSA) is 17.1 Å². The van der Waals surface area contributed by atoms with Crippen LogP contribution in [0.25, 0.3) is 0 Å². The van der Waals surface area contributed by atoms with E-state index < -0.39 is 0 Å². The van der Waals surface area contributed by atoms with Crippen LogP contribution in [-0.2, 0) is 12.8 Å². The van der Waals surface area contributed by atoms with Gasteiger partial charge in [-0.05, 0) is 37.3 Å². The third-order valence-corrected chi connectivity index (χ3v) is 4.06. The molecular formula is C13H14OS. The molecule has 0 amide bonds. The van der Waals surface area contributed by atoms with E-state index in [1.54, 1.807) is 11.3 Å². The van der Waals surface area contributed by atoms with Crippen molar-refractivity contribution in [3.63, 3.8) is 0 Å². The number of hydrogen-bond acceptors (Lipinski definition) is 2. The van der Waals surface area contributed by atoms with Crippen molar-refractivity contribution in [1.82, 2.24) is 0 Å². The lowest BCUT2D eigenvalue weighted by molar-refractivity contribution is 0.100. The Morgan fingerprint density at radius 1 is 1.40 bits per heavy atom. The van der Waals surface area contributed by atoms with Crippen LogP contribution in [0, 0.1) is 12.3 Å². The summed E-state index contributed by atoms with van der Waals surface area (Å²) in [5, 5.41) is 0. The number of carbonyl (C=O) groups is 1. The average molecular weight is 218 g/mol. The second-order valence-corrected chi connectivity index (χ2v) is 5.06. The highest BCUT2D eigenvalue weighted by Crippen LogP contribution is 2.29. The van der Waals surface area contributed by atoms with Crippen LogP contribution >= 0.6 is 11.3 Å². The molecule has 0 bridgehead atoms. The van der Waals surface area contributed by atoms with Crippen LogP contribution in [0.1, 0.15) is 45.8 Å². The fourth-order valence-corrected chi connectivity index (χ4v) is 3.18. The van der Waals surface area contributed by atoms with Gasteiger partial charge in [-0.15, -0.1) is 17.8 Å². The molecule has 1 heterocycles. The summed E-state index contributed by atoms with van der Waals surface area (Å²) < 4.78 is 0. The van der Waals surface area contributed by atoms with E-state index in [2.05, 4.69) is 12.0 Å². The van der Waals surface area contributed by atoms with Crippen LogP contribution in [0.2, 0.25) is 0 Å². The van der Waals surface area contributed by atoms with Crippen LogP contribution < -0.4 is 0 Å². The second kappa shape index (κ2) is 4.63. The molecule has 0 aromatic carbocycles. The number of terminal acetylenes is 1. The minimum atomic E-state index is 0.107. The molecule has 0 saturated heterocycles. The molecule has 15 heavy (non-hydrogen) atoms. The fourth-order valence-electron chi connectivity index (χ4n) is 1.98. The lowest BCUT2D eigenvalue weighted by Crippen LogP contribution is -1.92. The summed E-state index contributed by atoms with van der Waals surface area (Å²) in [6.45, 7) is 0. The molecule has 0 radical (unpaired) electrons. The number of hydrogen-bond donors (Lipinski definition) is 0. The molecule has 0 aliphatic heterocycles. The van der Waals surface area contributed by atoms with E-state index in [1.807, 2.05) is 0 Å². The third kappa shape index (κ3) is 2.30. The monoisotopic (exact) mass is 218 g/mol. The summed E-state index contributed by atoms with van der Waals surface area (Å²) >= 11 is 1.65. The van der Waals surface area contributed by atoms with Crippen LogP contribution in [-0.4, -0.2) is 5.78 Å². The molecule has 2 heteroatoms. The largest absolute Gasteiger partial charge is 0.292 e. The normalized spacial score (nSPS) is 15.1. The van der Waals surface area contributed by atoms with E-state index in [4.69, 9.17) is 6.42 Å². The highest BCUT2D eigenvalue weighted by atomic mass is 32.1. The Morgan fingerprint density at radius 2 is 2.20 bits per heavy atom. The number of thiophene rings is 1. The number of aryl methyl sites for hydroxylation is 2. The van der Waals surface area contributed by atoms with E-state index in [0.717, 1.165) is 17.7 Å². The Morgan fingerprint density at radius 3 is 3.00 bits per heavy atom. The Labute approximate surface area is 94.5 Å². The van der Waals surface area contributed by atoms with Gasteiger partial charge in [0, 0.05) is 4.88 Å². The Kier molecular flexibility index (Phi) is 3.23. The summed E-state index contributed by atoms with van der Waals surface area (Å²) in [4.78, 5) is 13.9. The van der Waals surface area contributed by atoms with Gasteiger partial charge >= 0.3 is 0 Å². The van der Waals surface area contributed by atoms with Gasteiger partial charge < -0.3 is 0 Å². The standard InChI is InChI=1S/C13H14OS/c1-2-6-11(14)13-9-10-7-4-3-5-8-12(10)15-13/h1,9H,3-8H2. The first-order chi connectivity index (χ1) is 7.31. The van der Waals surface area contributed by atoms with Crippen molar-refractivity contribution in [2.24, 2.45) is 0 Å². The summed E-state index contributed by atoms with van der Waals surface area (Å²) in [6, 6.07) is 2.06. The molecule has 0 unspecified atom stereocenters. The van der Waals surface area contributed by atoms with Gasteiger partial charge in [-0.3, -0.25) is 4.79 Å². The lowest BCUT2D eigenvalue weighted by Gasteiger charge is -1.92. The predicted molar refractivity (Wildman–Crippen MR) is 63.4 cm³/mol. The fraction of sp³-hybridized carbons (Fsp3) is 0.462. The van der Waals surface area contributed by atoms with Crippen LogP contribution in [0.4, 0.5) is 0 Å². The predicted octanol–water partition coefficient (Wildman–Crippen LogP) is 3.22. The summed E-state index contributed by atoms with van der Waals surface area (Å²) in [7, 11) is 0. The highest BCUT2D eigenvalue weighted by molar-refractivity contribution is 7.14. The average Bonchev–Trinajstić information content (AvgIpc) is 2.51. The molecule has 0 saturated carbocycles. The molecule has 1 aromatic heterocycles. The minimum Gasteiger partial charge on any atom is -0.292 e. The lowest BCUT2D eigenvalue weighted by atomic mass is 10.1. The van der Waals surface area contributed by atoms with Gasteiger partial charge in [-0.25, -0.2) is 0 Å². The van der Waals surface area contributed by atoms with Crippen molar-refractivity contribution in [3.05, 3.63) is 21.4 Å². The molecule has 1 aromatic rings. The number of ketones is 1.